The molecule has 0 aliphatic carbocycles. The third kappa shape index (κ3) is 2.85. The van der Waals surface area contributed by atoms with Crippen LogP contribution in [0, 0.1) is 0 Å². The Bertz CT molecular complexity index is 172. The van der Waals surface area contributed by atoms with E-state index in [0.717, 1.165) is 6.42 Å². The highest BCUT2D eigenvalue weighted by molar-refractivity contribution is 5.89. The summed E-state index contributed by atoms with van der Waals surface area (Å²) in [4.78, 5) is 10.9. The zero-order valence-electron chi connectivity index (χ0n) is 7.04. The van der Waals surface area contributed by atoms with Crippen LogP contribution in [0.5, 0.6) is 0 Å². The Labute approximate surface area is 67.2 Å². The first-order valence-electron chi connectivity index (χ1n) is 4.10. The highest BCUT2D eigenvalue weighted by Crippen LogP contribution is 2.21. The van der Waals surface area contributed by atoms with Crippen LogP contribution in [0.4, 0.5) is 0 Å². The molecule has 1 aliphatic rings. The number of allylic oxidation sites excluding steroid dienone is 1. The van der Waals surface area contributed by atoms with E-state index in [1.54, 1.807) is 6.08 Å². The summed E-state index contributed by atoms with van der Waals surface area (Å²) in [6.07, 6.45) is 5.58. The van der Waals surface area contributed by atoms with Gasteiger partial charge < -0.3 is 4.74 Å². The molecule has 1 saturated heterocycles. The highest BCUT2D eigenvalue weighted by atomic mass is 16.6. The van der Waals surface area contributed by atoms with Crippen LogP contribution in [0.15, 0.2) is 12.2 Å². The summed E-state index contributed by atoms with van der Waals surface area (Å²) < 4.78 is 5.11. The summed E-state index contributed by atoms with van der Waals surface area (Å²) in [5.74, 6) is 0.204. The van der Waals surface area contributed by atoms with Crippen LogP contribution >= 0.6 is 0 Å². The van der Waals surface area contributed by atoms with Crippen molar-refractivity contribution in [3.05, 3.63) is 12.2 Å². The molecule has 0 aromatic carbocycles. The van der Waals surface area contributed by atoms with Crippen molar-refractivity contribution < 1.29 is 9.53 Å². The first-order valence-corrected chi connectivity index (χ1v) is 4.10. The summed E-state index contributed by atoms with van der Waals surface area (Å²) in [6.45, 7) is 4.00. The number of hydrogen-bond acceptors (Lipinski definition) is 2. The Morgan fingerprint density at radius 3 is 2.73 bits per heavy atom. The molecule has 62 valence electrons. The maximum Gasteiger partial charge on any atom is 0.155 e. The van der Waals surface area contributed by atoms with E-state index in [1.165, 1.54) is 0 Å². The van der Waals surface area contributed by atoms with E-state index in [1.807, 2.05) is 19.9 Å². The van der Waals surface area contributed by atoms with Gasteiger partial charge >= 0.3 is 0 Å². The number of carbonyl (C=O) groups excluding carboxylic acids is 1. The van der Waals surface area contributed by atoms with Crippen LogP contribution in [0.2, 0.25) is 0 Å². The molecule has 2 heteroatoms. The molecule has 1 rings (SSSR count). The fourth-order valence-corrected chi connectivity index (χ4v) is 0.936. The van der Waals surface area contributed by atoms with Crippen molar-refractivity contribution in [2.24, 2.45) is 0 Å². The summed E-state index contributed by atoms with van der Waals surface area (Å²) >= 11 is 0. The first kappa shape index (κ1) is 8.47. The lowest BCUT2D eigenvalue weighted by Gasteiger charge is -1.86. The van der Waals surface area contributed by atoms with Crippen molar-refractivity contribution in [2.45, 2.75) is 38.9 Å². The van der Waals surface area contributed by atoms with Gasteiger partial charge in [0.25, 0.3) is 0 Å². The maximum absolute atomic E-state index is 10.9. The van der Waals surface area contributed by atoms with E-state index in [-0.39, 0.29) is 11.9 Å². The second-order valence-electron chi connectivity index (χ2n) is 2.88. The molecular weight excluding hydrogens is 140 g/mol. The Kier molecular flexibility index (Phi) is 2.83. The first-order chi connectivity index (χ1) is 5.24. The van der Waals surface area contributed by atoms with Crippen LogP contribution < -0.4 is 0 Å². The minimum absolute atomic E-state index is 0.204. The fraction of sp³-hybridized carbons (Fsp3) is 0.667. The SMILES string of the molecule is CCCC(=O)/C=C/[C@@H]1O[C@@H]1C. The molecule has 0 aromatic rings. The number of epoxide rings is 1. The number of ketones is 1. The summed E-state index contributed by atoms with van der Waals surface area (Å²) in [7, 11) is 0. The summed E-state index contributed by atoms with van der Waals surface area (Å²) in [5.41, 5.74) is 0. The Hall–Kier alpha value is -0.630. The molecule has 0 radical (unpaired) electrons. The lowest BCUT2D eigenvalue weighted by atomic mass is 10.2. The standard InChI is InChI=1S/C9H14O2/c1-3-4-8(10)5-6-9-7(2)11-9/h5-7,9H,3-4H2,1-2H3/b6-5+/t7-,9+/m1/s1. The normalized spacial score (nSPS) is 29.3. The molecule has 1 fully saturated rings. The van der Waals surface area contributed by atoms with Crippen molar-refractivity contribution in [1.29, 1.82) is 0 Å². The third-order valence-electron chi connectivity index (χ3n) is 1.73. The van der Waals surface area contributed by atoms with Crippen LogP contribution in [0.1, 0.15) is 26.7 Å². The summed E-state index contributed by atoms with van der Waals surface area (Å²) in [5, 5.41) is 0. The molecule has 0 unspecified atom stereocenters. The lowest BCUT2D eigenvalue weighted by Crippen LogP contribution is -1.92. The Balaban J connectivity index is 2.18. The van der Waals surface area contributed by atoms with Crippen LogP contribution in [0.25, 0.3) is 0 Å². The molecule has 1 aliphatic heterocycles. The third-order valence-corrected chi connectivity index (χ3v) is 1.73. The zero-order valence-corrected chi connectivity index (χ0v) is 7.04. The predicted octanol–water partition coefficient (Wildman–Crippen LogP) is 1.70. The van der Waals surface area contributed by atoms with Gasteiger partial charge in [-0.1, -0.05) is 6.92 Å². The lowest BCUT2D eigenvalue weighted by molar-refractivity contribution is -0.114. The molecule has 0 bridgehead atoms. The second kappa shape index (κ2) is 3.67. The van der Waals surface area contributed by atoms with Gasteiger partial charge in [0.2, 0.25) is 0 Å². The van der Waals surface area contributed by atoms with Crippen molar-refractivity contribution >= 4 is 5.78 Å². The van der Waals surface area contributed by atoms with Crippen molar-refractivity contribution in [3.63, 3.8) is 0 Å². The number of ether oxygens (including phenoxy) is 1. The van der Waals surface area contributed by atoms with Crippen LogP contribution in [-0.2, 0) is 9.53 Å². The minimum atomic E-state index is 0.204. The molecule has 0 N–H and O–H groups in total. The molecule has 2 nitrogen and oxygen atoms in total. The van der Waals surface area contributed by atoms with Gasteiger partial charge in [0.1, 0.15) is 6.10 Å². The van der Waals surface area contributed by atoms with Crippen LogP contribution in [0.3, 0.4) is 0 Å². The van der Waals surface area contributed by atoms with E-state index in [0.29, 0.717) is 12.5 Å². The molecule has 0 saturated carbocycles. The average Bonchev–Trinajstić information content (AvgIpc) is 2.63. The van der Waals surface area contributed by atoms with E-state index >= 15 is 0 Å². The van der Waals surface area contributed by atoms with Crippen LogP contribution in [-0.4, -0.2) is 18.0 Å². The Morgan fingerprint density at radius 1 is 1.64 bits per heavy atom. The molecule has 0 aromatic heterocycles. The number of hydrogen-bond donors (Lipinski definition) is 0. The van der Waals surface area contributed by atoms with E-state index in [9.17, 15) is 4.79 Å². The smallest absolute Gasteiger partial charge is 0.155 e. The molecule has 1 heterocycles. The minimum Gasteiger partial charge on any atom is -0.365 e. The monoisotopic (exact) mass is 154 g/mol. The molecule has 0 spiro atoms. The predicted molar refractivity (Wildman–Crippen MR) is 43.4 cm³/mol. The molecule has 0 amide bonds. The van der Waals surface area contributed by atoms with Crippen molar-refractivity contribution in [2.75, 3.05) is 0 Å². The number of rotatable bonds is 4. The molecule has 2 atom stereocenters. The zero-order chi connectivity index (χ0) is 8.27. The largest absolute Gasteiger partial charge is 0.365 e. The van der Waals surface area contributed by atoms with Gasteiger partial charge in [0.05, 0.1) is 6.10 Å². The molecular formula is C9H14O2. The fourth-order valence-electron chi connectivity index (χ4n) is 0.936. The van der Waals surface area contributed by atoms with Crippen molar-refractivity contribution in [1.82, 2.24) is 0 Å². The average molecular weight is 154 g/mol. The Morgan fingerprint density at radius 2 is 2.27 bits per heavy atom. The van der Waals surface area contributed by atoms with E-state index < -0.39 is 0 Å². The quantitative estimate of drug-likeness (QED) is 0.455. The topological polar surface area (TPSA) is 29.6 Å². The van der Waals surface area contributed by atoms with Gasteiger partial charge in [0, 0.05) is 6.42 Å². The van der Waals surface area contributed by atoms with Gasteiger partial charge in [-0.15, -0.1) is 0 Å². The van der Waals surface area contributed by atoms with E-state index in [2.05, 4.69) is 0 Å². The highest BCUT2D eigenvalue weighted by Gasteiger charge is 2.31. The van der Waals surface area contributed by atoms with Gasteiger partial charge in [-0.05, 0) is 25.5 Å². The van der Waals surface area contributed by atoms with Gasteiger partial charge in [0.15, 0.2) is 5.78 Å². The van der Waals surface area contributed by atoms with Crippen molar-refractivity contribution in [3.8, 4) is 0 Å². The maximum atomic E-state index is 10.9. The van der Waals surface area contributed by atoms with E-state index in [4.69, 9.17) is 4.74 Å². The van der Waals surface area contributed by atoms with Gasteiger partial charge in [-0.25, -0.2) is 0 Å². The summed E-state index contributed by atoms with van der Waals surface area (Å²) in [6, 6.07) is 0. The molecule has 11 heavy (non-hydrogen) atoms. The second-order valence-corrected chi connectivity index (χ2v) is 2.88. The number of carbonyl (C=O) groups is 1. The van der Waals surface area contributed by atoms with Gasteiger partial charge in [-0.3, -0.25) is 4.79 Å². The van der Waals surface area contributed by atoms with Gasteiger partial charge in [-0.2, -0.15) is 0 Å².